The molecule has 1 aromatic carbocycles. The lowest BCUT2D eigenvalue weighted by molar-refractivity contribution is 0.0526. The second-order valence-corrected chi connectivity index (χ2v) is 5.84. The molecule has 9 heteroatoms. The highest BCUT2D eigenvalue weighted by atomic mass is 19.1. The van der Waals surface area contributed by atoms with Crippen LogP contribution in [-0.2, 0) is 4.74 Å². The largest absolute Gasteiger partial charge is 0.462 e. The van der Waals surface area contributed by atoms with Crippen molar-refractivity contribution >= 4 is 33.6 Å². The van der Waals surface area contributed by atoms with Gasteiger partial charge in [0, 0.05) is 17.1 Å². The zero-order valence-electron chi connectivity index (χ0n) is 14.2. The van der Waals surface area contributed by atoms with Gasteiger partial charge in [0.25, 0.3) is 5.56 Å². The first-order chi connectivity index (χ1) is 13.0. The first-order valence-electron chi connectivity index (χ1n) is 8.11. The summed E-state index contributed by atoms with van der Waals surface area (Å²) < 4.78 is 18.9. The Morgan fingerprint density at radius 2 is 2.15 bits per heavy atom. The van der Waals surface area contributed by atoms with Crippen molar-refractivity contribution in [1.29, 1.82) is 0 Å². The molecule has 0 unspecified atom stereocenters. The molecule has 0 aliphatic carbocycles. The number of aromatic amines is 2. The van der Waals surface area contributed by atoms with E-state index in [1.807, 2.05) is 0 Å². The minimum atomic E-state index is -0.551. The molecule has 3 aromatic heterocycles. The number of ether oxygens (including phenoxy) is 1. The van der Waals surface area contributed by atoms with Gasteiger partial charge >= 0.3 is 5.97 Å². The SMILES string of the molecule is CCOC(=O)c1cnc2c(-c3ccc(F)c4[nH]ncc34)c(N)c(=O)[nH]c2c1. The normalized spacial score (nSPS) is 11.2. The standard InChI is InChI=1S/C18H14FN5O3/c1-2-27-18(26)8-5-12-16(21-6-8)13(14(20)17(25)23-12)9-3-4-11(19)15-10(9)7-22-24-15/h3-7H,2,20H2,1H3,(H,22,24)(H,23,25). The number of esters is 1. The van der Waals surface area contributed by atoms with Crippen LogP contribution in [0, 0.1) is 5.82 Å². The van der Waals surface area contributed by atoms with Crippen molar-refractivity contribution in [2.45, 2.75) is 6.92 Å². The van der Waals surface area contributed by atoms with Crippen molar-refractivity contribution in [3.8, 4) is 11.1 Å². The Balaban J connectivity index is 2.04. The molecule has 0 saturated carbocycles. The topological polar surface area (TPSA) is 127 Å². The van der Waals surface area contributed by atoms with Crippen LogP contribution >= 0.6 is 0 Å². The molecule has 0 radical (unpaired) electrons. The zero-order valence-corrected chi connectivity index (χ0v) is 14.2. The van der Waals surface area contributed by atoms with Crippen LogP contribution in [0.5, 0.6) is 0 Å². The molecule has 0 atom stereocenters. The number of carbonyl (C=O) groups excluding carboxylic acids is 1. The maximum absolute atomic E-state index is 14.0. The number of anilines is 1. The van der Waals surface area contributed by atoms with Crippen LogP contribution in [0.15, 0.2) is 35.4 Å². The number of nitrogens with two attached hydrogens (primary N) is 1. The van der Waals surface area contributed by atoms with E-state index < -0.39 is 17.3 Å². The summed E-state index contributed by atoms with van der Waals surface area (Å²) in [6.07, 6.45) is 2.80. The molecular formula is C18H14FN5O3. The molecule has 0 spiro atoms. The minimum absolute atomic E-state index is 0.0620. The maximum Gasteiger partial charge on any atom is 0.339 e. The number of carbonyl (C=O) groups is 1. The number of halogens is 1. The Morgan fingerprint density at radius 1 is 1.33 bits per heavy atom. The molecule has 4 aromatic rings. The number of H-pyrrole nitrogens is 2. The summed E-state index contributed by atoms with van der Waals surface area (Å²) in [5.74, 6) is -1.03. The van der Waals surface area contributed by atoms with Gasteiger partial charge in [0.1, 0.15) is 17.0 Å². The summed E-state index contributed by atoms with van der Waals surface area (Å²) in [4.78, 5) is 31.2. The molecule has 8 nitrogen and oxygen atoms in total. The third kappa shape index (κ3) is 2.60. The lowest BCUT2D eigenvalue weighted by atomic mass is 9.99. The number of aromatic nitrogens is 4. The highest BCUT2D eigenvalue weighted by Gasteiger charge is 2.19. The van der Waals surface area contributed by atoms with Gasteiger partial charge in [-0.3, -0.25) is 14.9 Å². The van der Waals surface area contributed by atoms with E-state index in [1.54, 1.807) is 6.92 Å². The lowest BCUT2D eigenvalue weighted by Gasteiger charge is -2.11. The number of hydrogen-bond donors (Lipinski definition) is 3. The number of benzene rings is 1. The van der Waals surface area contributed by atoms with Gasteiger partial charge in [-0.05, 0) is 24.6 Å². The molecule has 4 rings (SSSR count). The third-order valence-corrected chi connectivity index (χ3v) is 4.23. The van der Waals surface area contributed by atoms with E-state index in [0.29, 0.717) is 27.5 Å². The fourth-order valence-corrected chi connectivity index (χ4v) is 3.01. The zero-order chi connectivity index (χ0) is 19.1. The van der Waals surface area contributed by atoms with Crippen LogP contribution < -0.4 is 11.3 Å². The van der Waals surface area contributed by atoms with Crippen LogP contribution in [0.2, 0.25) is 0 Å². The minimum Gasteiger partial charge on any atom is -0.462 e. The van der Waals surface area contributed by atoms with Crippen molar-refractivity contribution in [2.75, 3.05) is 12.3 Å². The number of pyridine rings is 2. The first kappa shape index (κ1) is 16.7. The van der Waals surface area contributed by atoms with Gasteiger partial charge < -0.3 is 15.5 Å². The fourth-order valence-electron chi connectivity index (χ4n) is 3.01. The number of fused-ring (bicyclic) bond motifs is 2. The summed E-state index contributed by atoms with van der Waals surface area (Å²) in [6, 6.07) is 4.24. The molecule has 0 amide bonds. The summed E-state index contributed by atoms with van der Waals surface area (Å²) in [5.41, 5.74) is 7.35. The third-order valence-electron chi connectivity index (χ3n) is 4.23. The van der Waals surface area contributed by atoms with Gasteiger partial charge in [-0.25, -0.2) is 9.18 Å². The molecule has 0 aliphatic rings. The molecule has 0 bridgehead atoms. The summed E-state index contributed by atoms with van der Waals surface area (Å²) >= 11 is 0. The van der Waals surface area contributed by atoms with Crippen LogP contribution in [0.25, 0.3) is 33.1 Å². The van der Waals surface area contributed by atoms with Crippen LogP contribution in [-0.4, -0.2) is 32.7 Å². The van der Waals surface area contributed by atoms with Crippen LogP contribution in [0.1, 0.15) is 17.3 Å². The summed E-state index contributed by atoms with van der Waals surface area (Å²) in [5, 5.41) is 6.91. The highest BCUT2D eigenvalue weighted by molar-refractivity contribution is 6.07. The predicted octanol–water partition coefficient (Wildman–Crippen LogP) is 2.36. The molecule has 4 N–H and O–H groups in total. The van der Waals surface area contributed by atoms with Crippen molar-refractivity contribution in [3.63, 3.8) is 0 Å². The lowest BCUT2D eigenvalue weighted by Crippen LogP contribution is -2.15. The average Bonchev–Trinajstić information content (AvgIpc) is 3.15. The van der Waals surface area contributed by atoms with Gasteiger partial charge in [0.15, 0.2) is 0 Å². The molecule has 27 heavy (non-hydrogen) atoms. The number of nitrogen functional groups attached to an aromatic ring is 1. The molecular weight excluding hydrogens is 353 g/mol. The second-order valence-electron chi connectivity index (χ2n) is 5.84. The van der Waals surface area contributed by atoms with E-state index in [0.717, 1.165) is 0 Å². The van der Waals surface area contributed by atoms with E-state index in [2.05, 4.69) is 20.2 Å². The second kappa shape index (κ2) is 6.20. The van der Waals surface area contributed by atoms with E-state index in [-0.39, 0.29) is 23.4 Å². The number of nitrogens with one attached hydrogen (secondary N) is 2. The predicted molar refractivity (Wildman–Crippen MR) is 97.8 cm³/mol. The maximum atomic E-state index is 14.0. The van der Waals surface area contributed by atoms with Crippen molar-refractivity contribution in [3.05, 3.63) is 52.3 Å². The van der Waals surface area contributed by atoms with Crippen molar-refractivity contribution in [1.82, 2.24) is 20.2 Å². The smallest absolute Gasteiger partial charge is 0.339 e. The summed E-state index contributed by atoms with van der Waals surface area (Å²) in [7, 11) is 0. The molecule has 136 valence electrons. The fraction of sp³-hybridized carbons (Fsp3) is 0.111. The molecule has 0 fully saturated rings. The van der Waals surface area contributed by atoms with Gasteiger partial charge in [-0.15, -0.1) is 0 Å². The Labute approximate surface area is 151 Å². The van der Waals surface area contributed by atoms with Crippen LogP contribution in [0.3, 0.4) is 0 Å². The average molecular weight is 367 g/mol. The van der Waals surface area contributed by atoms with E-state index in [1.165, 1.54) is 30.6 Å². The Kier molecular flexibility index (Phi) is 3.84. The number of hydrogen-bond acceptors (Lipinski definition) is 6. The van der Waals surface area contributed by atoms with E-state index >= 15 is 0 Å². The monoisotopic (exact) mass is 367 g/mol. The summed E-state index contributed by atoms with van der Waals surface area (Å²) in [6.45, 7) is 1.91. The van der Waals surface area contributed by atoms with Crippen molar-refractivity contribution in [2.24, 2.45) is 0 Å². The Morgan fingerprint density at radius 3 is 2.93 bits per heavy atom. The van der Waals surface area contributed by atoms with Gasteiger partial charge in [0.05, 0.1) is 29.4 Å². The number of nitrogens with zero attached hydrogens (tertiary/aromatic N) is 2. The Hall–Kier alpha value is -3.75. The van der Waals surface area contributed by atoms with Crippen molar-refractivity contribution < 1.29 is 13.9 Å². The number of rotatable bonds is 3. The quantitative estimate of drug-likeness (QED) is 0.477. The van der Waals surface area contributed by atoms with Gasteiger partial charge in [0.2, 0.25) is 0 Å². The molecule has 0 saturated heterocycles. The molecule has 0 aliphatic heterocycles. The highest BCUT2D eigenvalue weighted by Crippen LogP contribution is 2.35. The Bertz CT molecular complexity index is 1260. The molecule has 3 heterocycles. The van der Waals surface area contributed by atoms with Gasteiger partial charge in [-0.2, -0.15) is 5.10 Å². The first-order valence-corrected chi connectivity index (χ1v) is 8.11. The van der Waals surface area contributed by atoms with Gasteiger partial charge in [-0.1, -0.05) is 6.07 Å². The van der Waals surface area contributed by atoms with Crippen LogP contribution in [0.4, 0.5) is 10.1 Å². The van der Waals surface area contributed by atoms with E-state index in [4.69, 9.17) is 10.5 Å². The van der Waals surface area contributed by atoms with E-state index in [9.17, 15) is 14.0 Å².